The van der Waals surface area contributed by atoms with Gasteiger partial charge in [-0.15, -0.1) is 0 Å². The number of piperidine rings is 2. The topological polar surface area (TPSA) is 158 Å². The number of hydrogen-bond donors (Lipinski definition) is 2. The van der Waals surface area contributed by atoms with Crippen LogP contribution in [-0.2, 0) is 9.47 Å². The first-order chi connectivity index (χ1) is 34.2. The van der Waals surface area contributed by atoms with Gasteiger partial charge in [0, 0.05) is 80.2 Å². The average Bonchev–Trinajstić information content (AvgIpc) is 4.16. The molecule has 5 aliphatic rings. The number of para-hydroxylation sites is 2. The third kappa shape index (κ3) is 14.3. The molecule has 0 bridgehead atoms. The molecule has 2 amide bonds. The van der Waals surface area contributed by atoms with Gasteiger partial charge >= 0.3 is 43.6 Å². The van der Waals surface area contributed by atoms with E-state index in [-0.39, 0.29) is 54.0 Å². The Balaban J connectivity index is 0.000000206. The first-order valence-electron chi connectivity index (χ1n) is 24.6. The molecule has 2 N–H and O–H groups in total. The molecule has 18 heteroatoms. The van der Waals surface area contributed by atoms with Gasteiger partial charge in [-0.3, -0.25) is 9.59 Å². The van der Waals surface area contributed by atoms with Crippen molar-refractivity contribution in [3.8, 4) is 34.5 Å². The summed E-state index contributed by atoms with van der Waals surface area (Å²) in [4.78, 5) is 30.1. The summed E-state index contributed by atoms with van der Waals surface area (Å²) in [5.41, 5.74) is 2.03. The number of methoxy groups -OCH3 is 2. The van der Waals surface area contributed by atoms with Gasteiger partial charge in [-0.05, 0) is 104 Å². The number of likely N-dealkylation sites (tertiary alicyclic amines) is 2. The number of benzene rings is 4. The minimum absolute atomic E-state index is 0.00345. The monoisotopic (exact) mass is 1160 g/mol. The molecule has 9 rings (SSSR count). The van der Waals surface area contributed by atoms with Crippen LogP contribution >= 0.6 is 25.7 Å². The van der Waals surface area contributed by atoms with E-state index in [9.17, 15) is 14.7 Å². The standard InChI is InChI=1S/C27H35NO6.C24H27NO5.C3H8O.3ClH.In/c1-17(2)32-22-11-10-19(16-23(22)31-5)26(30)28-14-12-27(13-15-28)25(29)24(33-18(3)4)20-8-6-7-9-21(20)34-27;1-15(2)28-19-9-8-16(14-20(19)27-3)23(26)25-12-10-24(11-13-25)22-21(29-22)17-6-4-5-7-18(17)30-24;1-3(2)4;;;;/h6-11,16-18,24-25,29H,12-15H2,1-5H3;4-9,14-15,21-22H,10-13H2,1-3H3;3-4H,1-2H3;3*1H;/q;;;;;;+3/p-3. The number of rotatable bonds is 10. The molecule has 5 aliphatic heterocycles. The molecular formula is C54H70Cl3InN2O12. The van der Waals surface area contributed by atoms with Gasteiger partial charge in [0.2, 0.25) is 0 Å². The number of aliphatic hydroxyl groups excluding tert-OH is 2. The molecule has 0 radical (unpaired) electrons. The number of ether oxygens (including phenoxy) is 8. The quantitative estimate of drug-likeness (QED) is 0.145. The summed E-state index contributed by atoms with van der Waals surface area (Å²) in [5, 5.41) is 19.4. The van der Waals surface area contributed by atoms with Crippen molar-refractivity contribution in [3.05, 3.63) is 107 Å². The van der Waals surface area contributed by atoms with E-state index in [0.29, 0.717) is 73.1 Å². The van der Waals surface area contributed by atoms with Gasteiger partial charge in [0.05, 0.1) is 32.5 Å². The summed E-state index contributed by atoms with van der Waals surface area (Å²) in [6.45, 7) is 17.4. The van der Waals surface area contributed by atoms with Crippen LogP contribution in [0.2, 0.25) is 0 Å². The fourth-order valence-electron chi connectivity index (χ4n) is 9.44. The van der Waals surface area contributed by atoms with Gasteiger partial charge in [0.15, 0.2) is 23.0 Å². The van der Waals surface area contributed by atoms with E-state index in [1.54, 1.807) is 69.4 Å². The Morgan fingerprint density at radius 3 is 1.46 bits per heavy atom. The van der Waals surface area contributed by atoms with Crippen molar-refractivity contribution in [2.24, 2.45) is 0 Å². The summed E-state index contributed by atoms with van der Waals surface area (Å²) < 4.78 is 47.4. The van der Waals surface area contributed by atoms with E-state index in [4.69, 9.17) is 68.7 Å². The predicted molar refractivity (Wildman–Crippen MR) is 281 cm³/mol. The number of carbonyl (C=O) groups is 2. The number of hydrogen-bond acceptors (Lipinski definition) is 12. The Morgan fingerprint density at radius 1 is 0.625 bits per heavy atom. The van der Waals surface area contributed by atoms with Crippen molar-refractivity contribution in [1.29, 1.82) is 0 Å². The summed E-state index contributed by atoms with van der Waals surface area (Å²) in [5.74, 6) is 3.95. The number of aliphatic hydroxyl groups is 2. The predicted octanol–water partition coefficient (Wildman–Crippen LogP) is 10.4. The average molecular weight is 1160 g/mol. The van der Waals surface area contributed by atoms with Crippen molar-refractivity contribution in [1.82, 2.24) is 9.80 Å². The number of halogens is 3. The Bertz CT molecular complexity index is 2410. The van der Waals surface area contributed by atoms with Crippen LogP contribution < -0.4 is 28.4 Å². The maximum atomic E-state index is 13.3. The van der Waals surface area contributed by atoms with Gasteiger partial charge in [0.1, 0.15) is 47.1 Å². The number of carbonyl (C=O) groups excluding carboxylic acids is 2. The van der Waals surface area contributed by atoms with E-state index < -0.39 is 35.7 Å². The third-order valence-electron chi connectivity index (χ3n) is 12.7. The molecule has 4 atom stereocenters. The van der Waals surface area contributed by atoms with Crippen LogP contribution in [0.4, 0.5) is 0 Å². The van der Waals surface area contributed by atoms with E-state index in [1.165, 1.54) is 0 Å². The SMILES string of the molecule is CC(C)O.COc1cc(C(=O)N2CCC3(CC2)Oc2ccccc2C(OC(C)C)C3O)ccc1OC(C)C.COc1cc(C(=O)N2CCC3(CC2)Oc2ccccc2C2OC23)ccc1OC(C)C.[Cl][In]([Cl])[Cl]. The van der Waals surface area contributed by atoms with Crippen molar-refractivity contribution >= 4 is 55.4 Å². The fraction of sp³-hybridized carbons (Fsp3) is 0.519. The number of epoxide rings is 1. The zero-order valence-corrected chi connectivity index (χ0v) is 48.5. The van der Waals surface area contributed by atoms with Gasteiger partial charge < -0.3 is 57.9 Å². The zero-order valence-electron chi connectivity index (χ0n) is 42.9. The second-order valence-corrected chi connectivity index (χ2v) is 34.1. The van der Waals surface area contributed by atoms with Crippen LogP contribution in [0.15, 0.2) is 84.9 Å². The van der Waals surface area contributed by atoms with E-state index in [0.717, 1.165) is 35.5 Å². The molecular weight excluding hydrogens is 1090 g/mol. The van der Waals surface area contributed by atoms with Gasteiger partial charge in [-0.25, -0.2) is 0 Å². The zero-order chi connectivity index (χ0) is 52.5. The molecule has 4 unspecified atom stereocenters. The molecule has 0 saturated carbocycles. The molecule has 4 aromatic carbocycles. The molecule has 0 aromatic heterocycles. The number of fused-ring (bicyclic) bond motifs is 5. The molecule has 2 spiro atoms. The van der Waals surface area contributed by atoms with Crippen LogP contribution in [0, 0.1) is 0 Å². The Hall–Kier alpha value is -3.80. The number of amides is 2. The normalized spacial score (nSPS) is 20.7. The second kappa shape index (κ2) is 25.6. The summed E-state index contributed by atoms with van der Waals surface area (Å²) in [6, 6.07) is 26.5. The summed E-state index contributed by atoms with van der Waals surface area (Å²) in [6.07, 6.45) is 1.32. The van der Waals surface area contributed by atoms with Crippen LogP contribution in [-0.4, -0.2) is 138 Å². The molecule has 72 heavy (non-hydrogen) atoms. The first kappa shape index (κ1) is 57.5. The molecule has 0 aliphatic carbocycles. The molecule has 14 nitrogen and oxygen atoms in total. The van der Waals surface area contributed by atoms with Crippen LogP contribution in [0.3, 0.4) is 0 Å². The Kier molecular flexibility index (Phi) is 20.5. The van der Waals surface area contributed by atoms with Crippen molar-refractivity contribution in [2.75, 3.05) is 40.4 Å². The van der Waals surface area contributed by atoms with E-state index in [1.807, 2.05) is 88.9 Å². The van der Waals surface area contributed by atoms with Crippen molar-refractivity contribution in [3.63, 3.8) is 0 Å². The van der Waals surface area contributed by atoms with Crippen LogP contribution in [0.5, 0.6) is 34.5 Å². The molecule has 392 valence electrons. The molecule has 4 aromatic rings. The van der Waals surface area contributed by atoms with Crippen molar-refractivity contribution < 1.29 is 57.7 Å². The van der Waals surface area contributed by atoms with Gasteiger partial charge in [0.25, 0.3) is 11.8 Å². The first-order valence-corrected chi connectivity index (χ1v) is 37.2. The molecule has 3 saturated heterocycles. The number of nitrogens with zero attached hydrogens (tertiary/aromatic N) is 2. The third-order valence-corrected chi connectivity index (χ3v) is 12.7. The van der Waals surface area contributed by atoms with Crippen molar-refractivity contribution in [2.45, 2.75) is 141 Å². The van der Waals surface area contributed by atoms with E-state index >= 15 is 0 Å². The van der Waals surface area contributed by atoms with Gasteiger partial charge in [-0.2, -0.15) is 0 Å². The minimum atomic E-state index is -2.22. The van der Waals surface area contributed by atoms with E-state index in [2.05, 4.69) is 6.07 Å². The Morgan fingerprint density at radius 2 is 1.03 bits per heavy atom. The van der Waals surface area contributed by atoms with Crippen LogP contribution in [0.25, 0.3) is 0 Å². The van der Waals surface area contributed by atoms with Crippen LogP contribution in [0.1, 0.15) is 125 Å². The van der Waals surface area contributed by atoms with Gasteiger partial charge in [-0.1, -0.05) is 36.4 Å². The fourth-order valence-corrected chi connectivity index (χ4v) is 9.44. The summed E-state index contributed by atoms with van der Waals surface area (Å²) in [7, 11) is 18.2. The summed E-state index contributed by atoms with van der Waals surface area (Å²) >= 11 is -2.22. The Labute approximate surface area is 443 Å². The molecule has 5 heterocycles. The molecule has 3 fully saturated rings. The maximum absolute atomic E-state index is 13.3. The second-order valence-electron chi connectivity index (χ2n) is 19.4.